The minimum absolute atomic E-state index is 1.08. The molecule has 1 aliphatic rings. The van der Waals surface area contributed by atoms with Crippen molar-refractivity contribution in [3.05, 3.63) is 35.4 Å². The fraction of sp³-hybridized carbons (Fsp3) is 0.364. The van der Waals surface area contributed by atoms with Crippen LogP contribution in [0.2, 0.25) is 0 Å². The van der Waals surface area contributed by atoms with Crippen molar-refractivity contribution in [3.63, 3.8) is 0 Å². The van der Waals surface area contributed by atoms with Crippen LogP contribution in [-0.2, 0) is 6.42 Å². The minimum Gasteiger partial charge on any atom is -0.303 e. The first-order chi connectivity index (χ1) is 6.27. The maximum absolute atomic E-state index is 4.47. The van der Waals surface area contributed by atoms with Crippen LogP contribution in [0, 0.1) is 0 Å². The van der Waals surface area contributed by atoms with E-state index in [0.717, 1.165) is 12.8 Å². The summed E-state index contributed by atoms with van der Waals surface area (Å²) < 4.78 is 0. The summed E-state index contributed by atoms with van der Waals surface area (Å²) in [6, 6.07) is 8.52. The number of nitrogens with zero attached hydrogens (tertiary/aromatic N) is 2. The van der Waals surface area contributed by atoms with Gasteiger partial charge in [0.15, 0.2) is 0 Å². The van der Waals surface area contributed by atoms with Gasteiger partial charge in [0.05, 0.1) is 5.71 Å². The molecule has 0 aliphatic heterocycles. The van der Waals surface area contributed by atoms with Gasteiger partial charge in [-0.2, -0.15) is 5.10 Å². The largest absolute Gasteiger partial charge is 0.303 e. The molecule has 13 heavy (non-hydrogen) atoms. The van der Waals surface area contributed by atoms with E-state index in [1.54, 1.807) is 0 Å². The quantitative estimate of drug-likeness (QED) is 0.594. The molecule has 0 N–H and O–H groups in total. The van der Waals surface area contributed by atoms with Gasteiger partial charge in [0.1, 0.15) is 0 Å². The Kier molecular flexibility index (Phi) is 2.05. The van der Waals surface area contributed by atoms with Crippen LogP contribution in [0.1, 0.15) is 17.5 Å². The van der Waals surface area contributed by atoms with E-state index in [4.69, 9.17) is 0 Å². The topological polar surface area (TPSA) is 15.6 Å². The second-order valence-corrected chi connectivity index (χ2v) is 3.55. The second-order valence-electron chi connectivity index (χ2n) is 3.55. The lowest BCUT2D eigenvalue weighted by Gasteiger charge is -2.06. The van der Waals surface area contributed by atoms with Crippen LogP contribution in [0.25, 0.3) is 0 Å². The number of hydrogen-bond acceptors (Lipinski definition) is 2. The van der Waals surface area contributed by atoms with Gasteiger partial charge >= 0.3 is 0 Å². The van der Waals surface area contributed by atoms with E-state index in [9.17, 15) is 0 Å². The lowest BCUT2D eigenvalue weighted by atomic mass is 10.1. The highest BCUT2D eigenvalue weighted by atomic mass is 15.4. The highest BCUT2D eigenvalue weighted by molar-refractivity contribution is 6.04. The molecule has 1 aliphatic carbocycles. The van der Waals surface area contributed by atoms with Crippen molar-refractivity contribution in [2.24, 2.45) is 5.10 Å². The zero-order chi connectivity index (χ0) is 9.26. The van der Waals surface area contributed by atoms with E-state index < -0.39 is 0 Å². The summed E-state index contributed by atoms with van der Waals surface area (Å²) in [5, 5.41) is 6.34. The summed E-state index contributed by atoms with van der Waals surface area (Å²) in [4.78, 5) is 0. The number of benzene rings is 1. The van der Waals surface area contributed by atoms with Crippen LogP contribution in [0.4, 0.5) is 0 Å². The molecular weight excluding hydrogens is 160 g/mol. The SMILES string of the molecule is CN(C)/N=C1\CCc2ccccc21. The Morgan fingerprint density at radius 2 is 1.92 bits per heavy atom. The number of fused-ring (bicyclic) bond motifs is 1. The molecule has 0 radical (unpaired) electrons. The number of hydrogen-bond donors (Lipinski definition) is 0. The first-order valence-corrected chi connectivity index (χ1v) is 4.60. The molecule has 0 bridgehead atoms. The summed E-state index contributed by atoms with van der Waals surface area (Å²) in [6.07, 6.45) is 2.22. The van der Waals surface area contributed by atoms with Gasteiger partial charge < -0.3 is 5.01 Å². The van der Waals surface area contributed by atoms with Gasteiger partial charge in [0.2, 0.25) is 0 Å². The Bertz CT molecular complexity index is 340. The second kappa shape index (κ2) is 3.21. The highest BCUT2D eigenvalue weighted by Gasteiger charge is 2.16. The van der Waals surface area contributed by atoms with Crippen molar-refractivity contribution < 1.29 is 0 Å². The molecule has 0 heterocycles. The first kappa shape index (κ1) is 8.30. The lowest BCUT2D eigenvalue weighted by molar-refractivity contribution is 0.437. The summed E-state index contributed by atoms with van der Waals surface area (Å²) in [5.41, 5.74) is 3.99. The third-order valence-electron chi connectivity index (χ3n) is 2.28. The Labute approximate surface area is 78.9 Å². The van der Waals surface area contributed by atoms with Gasteiger partial charge in [-0.15, -0.1) is 0 Å². The summed E-state index contributed by atoms with van der Waals surface area (Å²) in [5.74, 6) is 0. The Morgan fingerprint density at radius 3 is 2.69 bits per heavy atom. The summed E-state index contributed by atoms with van der Waals surface area (Å²) in [7, 11) is 3.93. The van der Waals surface area contributed by atoms with Crippen molar-refractivity contribution in [1.82, 2.24) is 5.01 Å². The molecule has 0 fully saturated rings. The Hall–Kier alpha value is -1.31. The maximum Gasteiger partial charge on any atom is 0.0683 e. The Morgan fingerprint density at radius 1 is 1.15 bits per heavy atom. The van der Waals surface area contributed by atoms with Crippen molar-refractivity contribution in [1.29, 1.82) is 0 Å². The number of aryl methyl sites for hydroxylation is 1. The summed E-state index contributed by atoms with van der Waals surface area (Å²) in [6.45, 7) is 0. The normalized spacial score (nSPS) is 17.5. The molecule has 0 spiro atoms. The number of hydrazone groups is 1. The molecule has 0 aromatic heterocycles. The van der Waals surface area contributed by atoms with E-state index in [1.807, 2.05) is 19.1 Å². The molecule has 0 unspecified atom stereocenters. The zero-order valence-electron chi connectivity index (χ0n) is 8.12. The van der Waals surface area contributed by atoms with Gasteiger partial charge in [0.25, 0.3) is 0 Å². The lowest BCUT2D eigenvalue weighted by Crippen LogP contribution is -2.07. The average molecular weight is 174 g/mol. The van der Waals surface area contributed by atoms with E-state index in [1.165, 1.54) is 16.8 Å². The van der Waals surface area contributed by atoms with E-state index >= 15 is 0 Å². The molecule has 0 amide bonds. The van der Waals surface area contributed by atoms with Crippen LogP contribution < -0.4 is 0 Å². The minimum atomic E-state index is 1.08. The molecule has 1 aromatic carbocycles. The number of rotatable bonds is 1. The third kappa shape index (κ3) is 1.57. The highest BCUT2D eigenvalue weighted by Crippen LogP contribution is 2.21. The van der Waals surface area contributed by atoms with Crippen LogP contribution in [0.5, 0.6) is 0 Å². The third-order valence-corrected chi connectivity index (χ3v) is 2.28. The van der Waals surface area contributed by atoms with E-state index in [0.29, 0.717) is 0 Å². The molecule has 0 atom stereocenters. The molecule has 0 saturated heterocycles. The Balaban J connectivity index is 2.38. The van der Waals surface area contributed by atoms with Crippen LogP contribution in [-0.4, -0.2) is 24.8 Å². The fourth-order valence-electron chi connectivity index (χ4n) is 1.75. The van der Waals surface area contributed by atoms with E-state index in [2.05, 4.69) is 29.4 Å². The molecule has 0 saturated carbocycles. The molecule has 2 nitrogen and oxygen atoms in total. The van der Waals surface area contributed by atoms with Gasteiger partial charge in [-0.05, 0) is 18.4 Å². The van der Waals surface area contributed by atoms with Crippen molar-refractivity contribution in [3.8, 4) is 0 Å². The molecule has 1 aromatic rings. The first-order valence-electron chi connectivity index (χ1n) is 4.60. The fourth-order valence-corrected chi connectivity index (χ4v) is 1.75. The standard InChI is InChI=1S/C11H14N2/c1-13(2)12-11-8-7-9-5-3-4-6-10(9)11/h3-6H,7-8H2,1-2H3/b12-11+. The predicted octanol–water partition coefficient (Wildman–Crippen LogP) is 1.90. The average Bonchev–Trinajstić information content (AvgIpc) is 2.48. The van der Waals surface area contributed by atoms with Gasteiger partial charge in [-0.3, -0.25) is 0 Å². The van der Waals surface area contributed by atoms with Crippen LogP contribution in [0.3, 0.4) is 0 Å². The maximum atomic E-state index is 4.47. The molecular formula is C11H14N2. The smallest absolute Gasteiger partial charge is 0.0683 e. The molecule has 68 valence electrons. The predicted molar refractivity (Wildman–Crippen MR) is 55.0 cm³/mol. The zero-order valence-corrected chi connectivity index (χ0v) is 8.12. The van der Waals surface area contributed by atoms with E-state index in [-0.39, 0.29) is 0 Å². The van der Waals surface area contributed by atoms with Gasteiger partial charge in [-0.1, -0.05) is 24.3 Å². The van der Waals surface area contributed by atoms with Crippen molar-refractivity contribution in [2.75, 3.05) is 14.1 Å². The van der Waals surface area contributed by atoms with Crippen LogP contribution >= 0.6 is 0 Å². The monoisotopic (exact) mass is 174 g/mol. The van der Waals surface area contributed by atoms with Gasteiger partial charge in [0, 0.05) is 19.7 Å². The molecule has 2 heteroatoms. The van der Waals surface area contributed by atoms with Crippen molar-refractivity contribution >= 4 is 5.71 Å². The van der Waals surface area contributed by atoms with Crippen molar-refractivity contribution in [2.45, 2.75) is 12.8 Å². The van der Waals surface area contributed by atoms with Gasteiger partial charge in [-0.25, -0.2) is 0 Å². The molecule has 2 rings (SSSR count). The summed E-state index contributed by atoms with van der Waals surface area (Å²) >= 11 is 0. The van der Waals surface area contributed by atoms with Crippen LogP contribution in [0.15, 0.2) is 29.4 Å².